The second kappa shape index (κ2) is 5.03. The summed E-state index contributed by atoms with van der Waals surface area (Å²) in [6.07, 6.45) is 1.13. The number of allylic oxidation sites excluding steroid dienone is 1. The van der Waals surface area contributed by atoms with E-state index in [-0.39, 0.29) is 0 Å². The van der Waals surface area contributed by atoms with Gasteiger partial charge >= 0.3 is 5.97 Å². The van der Waals surface area contributed by atoms with Gasteiger partial charge in [0.1, 0.15) is 5.75 Å². The van der Waals surface area contributed by atoms with E-state index in [0.29, 0.717) is 21.9 Å². The Morgan fingerprint density at radius 2 is 2.12 bits per heavy atom. The summed E-state index contributed by atoms with van der Waals surface area (Å²) >= 11 is 5.99. The lowest BCUT2D eigenvalue weighted by atomic mass is 10.0. The number of methoxy groups -OCH3 is 1. The van der Waals surface area contributed by atoms with Crippen LogP contribution in [0.25, 0.3) is 5.57 Å². The van der Waals surface area contributed by atoms with Crippen molar-refractivity contribution in [3.8, 4) is 5.75 Å². The van der Waals surface area contributed by atoms with Crippen molar-refractivity contribution in [3.05, 3.63) is 34.4 Å². The highest BCUT2D eigenvalue weighted by Crippen LogP contribution is 2.31. The minimum absolute atomic E-state index is 0.592. The maximum absolute atomic E-state index is 10.6. The molecule has 4 heteroatoms. The number of carboxylic acid groups (broad SMARTS) is 1. The highest BCUT2D eigenvalue weighted by molar-refractivity contribution is 6.31. The maximum Gasteiger partial charge on any atom is 0.328 e. The van der Waals surface area contributed by atoms with Gasteiger partial charge in [0.2, 0.25) is 0 Å². The number of hydrogen-bond donors (Lipinski definition) is 1. The number of ether oxygens (including phenoxy) is 1. The Kier molecular flexibility index (Phi) is 3.96. The molecule has 1 aromatic rings. The third kappa shape index (κ3) is 2.76. The Morgan fingerprint density at radius 1 is 1.50 bits per heavy atom. The van der Waals surface area contributed by atoms with Crippen LogP contribution in [0.15, 0.2) is 18.2 Å². The number of benzene rings is 1. The zero-order valence-electron chi connectivity index (χ0n) is 9.37. The van der Waals surface area contributed by atoms with Crippen LogP contribution in [0, 0.1) is 6.92 Å². The fourth-order valence-electron chi connectivity index (χ4n) is 1.40. The normalized spacial score (nSPS) is 11.4. The van der Waals surface area contributed by atoms with E-state index in [9.17, 15) is 4.79 Å². The molecule has 0 atom stereocenters. The second-order valence-electron chi connectivity index (χ2n) is 3.47. The molecule has 1 rings (SSSR count). The van der Waals surface area contributed by atoms with Crippen LogP contribution in [-0.4, -0.2) is 18.2 Å². The molecule has 0 aliphatic heterocycles. The van der Waals surface area contributed by atoms with Crippen LogP contribution in [-0.2, 0) is 4.79 Å². The van der Waals surface area contributed by atoms with Crippen molar-refractivity contribution >= 4 is 23.1 Å². The summed E-state index contributed by atoms with van der Waals surface area (Å²) in [5.74, 6) is -0.367. The zero-order valence-corrected chi connectivity index (χ0v) is 10.1. The summed E-state index contributed by atoms with van der Waals surface area (Å²) in [5.41, 5.74) is 2.19. The van der Waals surface area contributed by atoms with Gasteiger partial charge in [-0.2, -0.15) is 0 Å². The molecular weight excluding hydrogens is 228 g/mol. The molecule has 1 N–H and O–H groups in total. The van der Waals surface area contributed by atoms with Crippen LogP contribution in [0.3, 0.4) is 0 Å². The third-order valence-corrected chi connectivity index (χ3v) is 2.65. The molecule has 86 valence electrons. The van der Waals surface area contributed by atoms with Crippen molar-refractivity contribution in [1.29, 1.82) is 0 Å². The van der Waals surface area contributed by atoms with Crippen LogP contribution >= 0.6 is 11.6 Å². The predicted molar refractivity (Wildman–Crippen MR) is 64.0 cm³/mol. The predicted octanol–water partition coefficient (Wildman–Crippen LogP) is 3.14. The summed E-state index contributed by atoms with van der Waals surface area (Å²) in [4.78, 5) is 10.6. The Balaban J connectivity index is 3.32. The Bertz CT molecular complexity index is 450. The van der Waals surface area contributed by atoms with E-state index in [0.717, 1.165) is 11.6 Å². The number of carboxylic acids is 1. The first-order chi connectivity index (χ1) is 7.45. The number of rotatable bonds is 3. The molecular formula is C12H13ClO3. The molecule has 0 fully saturated rings. The number of carbonyl (C=O) groups is 1. The van der Waals surface area contributed by atoms with E-state index in [1.165, 1.54) is 0 Å². The van der Waals surface area contributed by atoms with Crippen LogP contribution in [0.4, 0.5) is 0 Å². The minimum Gasteiger partial charge on any atom is -0.496 e. The van der Waals surface area contributed by atoms with E-state index in [2.05, 4.69) is 0 Å². The molecule has 0 aliphatic carbocycles. The highest BCUT2D eigenvalue weighted by atomic mass is 35.5. The molecule has 0 aliphatic rings. The molecule has 0 saturated carbocycles. The average molecular weight is 241 g/mol. The molecule has 0 saturated heterocycles. The molecule has 0 unspecified atom stereocenters. The number of aryl methyl sites for hydroxylation is 1. The zero-order chi connectivity index (χ0) is 12.3. The van der Waals surface area contributed by atoms with Gasteiger partial charge in [0.25, 0.3) is 0 Å². The van der Waals surface area contributed by atoms with Crippen molar-refractivity contribution in [1.82, 2.24) is 0 Å². The molecule has 0 radical (unpaired) electrons. The molecule has 0 aromatic heterocycles. The Labute approximate surface area is 99.3 Å². The van der Waals surface area contributed by atoms with Crippen LogP contribution in [0.5, 0.6) is 5.75 Å². The van der Waals surface area contributed by atoms with E-state index < -0.39 is 5.97 Å². The van der Waals surface area contributed by atoms with E-state index >= 15 is 0 Å². The highest BCUT2D eigenvalue weighted by Gasteiger charge is 2.09. The summed E-state index contributed by atoms with van der Waals surface area (Å²) in [5, 5.41) is 9.27. The summed E-state index contributed by atoms with van der Waals surface area (Å²) < 4.78 is 5.19. The summed E-state index contributed by atoms with van der Waals surface area (Å²) in [6.45, 7) is 3.57. The van der Waals surface area contributed by atoms with Gasteiger partial charge in [-0.3, -0.25) is 0 Å². The van der Waals surface area contributed by atoms with Gasteiger partial charge in [0.05, 0.1) is 7.11 Å². The van der Waals surface area contributed by atoms with Gasteiger partial charge in [-0.15, -0.1) is 0 Å². The maximum atomic E-state index is 10.6. The van der Waals surface area contributed by atoms with Gasteiger partial charge in [0, 0.05) is 16.7 Å². The molecule has 0 bridgehead atoms. The Hall–Kier alpha value is -1.48. The van der Waals surface area contributed by atoms with E-state index in [1.807, 2.05) is 6.92 Å². The van der Waals surface area contributed by atoms with Crippen LogP contribution < -0.4 is 4.74 Å². The standard InChI is InChI=1S/C12H13ClO3/c1-7(5-12(14)15)9-6-10(13)8(2)4-11(9)16-3/h4-6H,1-3H3,(H,14,15)/b7-5+. The van der Waals surface area contributed by atoms with Crippen molar-refractivity contribution in [3.63, 3.8) is 0 Å². The van der Waals surface area contributed by atoms with Crippen LogP contribution in [0.2, 0.25) is 5.02 Å². The number of hydrogen-bond acceptors (Lipinski definition) is 2. The van der Waals surface area contributed by atoms with Gasteiger partial charge in [-0.05, 0) is 37.1 Å². The molecule has 1 aromatic carbocycles. The van der Waals surface area contributed by atoms with Crippen molar-refractivity contribution in [2.45, 2.75) is 13.8 Å². The van der Waals surface area contributed by atoms with Crippen molar-refractivity contribution in [2.24, 2.45) is 0 Å². The lowest BCUT2D eigenvalue weighted by molar-refractivity contribution is -0.131. The topological polar surface area (TPSA) is 46.5 Å². The molecule has 0 heterocycles. The monoisotopic (exact) mass is 240 g/mol. The average Bonchev–Trinajstić information content (AvgIpc) is 2.20. The lowest BCUT2D eigenvalue weighted by Crippen LogP contribution is -1.95. The SMILES string of the molecule is COc1cc(C)c(Cl)cc1/C(C)=C/C(=O)O. The Morgan fingerprint density at radius 3 is 2.62 bits per heavy atom. The van der Waals surface area contributed by atoms with E-state index in [4.69, 9.17) is 21.4 Å². The third-order valence-electron chi connectivity index (χ3n) is 2.25. The quantitative estimate of drug-likeness (QED) is 0.826. The lowest BCUT2D eigenvalue weighted by Gasteiger charge is -2.10. The number of halogens is 1. The minimum atomic E-state index is -0.990. The van der Waals surface area contributed by atoms with E-state index in [1.54, 1.807) is 26.2 Å². The fourth-order valence-corrected chi connectivity index (χ4v) is 1.56. The van der Waals surface area contributed by atoms with Crippen molar-refractivity contribution in [2.75, 3.05) is 7.11 Å². The van der Waals surface area contributed by atoms with Crippen LogP contribution in [0.1, 0.15) is 18.1 Å². The molecule has 0 spiro atoms. The first kappa shape index (κ1) is 12.6. The van der Waals surface area contributed by atoms with Gasteiger partial charge in [-0.25, -0.2) is 4.79 Å². The molecule has 16 heavy (non-hydrogen) atoms. The first-order valence-electron chi connectivity index (χ1n) is 4.71. The van der Waals surface area contributed by atoms with Gasteiger partial charge in [-0.1, -0.05) is 11.6 Å². The van der Waals surface area contributed by atoms with Gasteiger partial charge in [0.15, 0.2) is 0 Å². The van der Waals surface area contributed by atoms with Gasteiger partial charge < -0.3 is 9.84 Å². The number of aliphatic carboxylic acids is 1. The summed E-state index contributed by atoms with van der Waals surface area (Å²) in [7, 11) is 1.54. The first-order valence-corrected chi connectivity index (χ1v) is 5.09. The molecule has 3 nitrogen and oxygen atoms in total. The summed E-state index contributed by atoms with van der Waals surface area (Å²) in [6, 6.07) is 3.50. The van der Waals surface area contributed by atoms with Crippen molar-refractivity contribution < 1.29 is 14.6 Å². The molecule has 0 amide bonds. The fraction of sp³-hybridized carbons (Fsp3) is 0.250. The largest absolute Gasteiger partial charge is 0.496 e. The second-order valence-corrected chi connectivity index (χ2v) is 3.87. The smallest absolute Gasteiger partial charge is 0.328 e.